The molecule has 7 heteroatoms. The van der Waals surface area contributed by atoms with Crippen molar-refractivity contribution in [3.05, 3.63) is 62.3 Å². The molecule has 0 amide bonds. The molecule has 0 unspecified atom stereocenters. The first-order chi connectivity index (χ1) is 10.0. The molecule has 6 nitrogen and oxygen atoms in total. The van der Waals surface area contributed by atoms with Crippen LogP contribution in [0, 0.1) is 10.1 Å². The van der Waals surface area contributed by atoms with Crippen molar-refractivity contribution in [2.24, 2.45) is 0 Å². The Morgan fingerprint density at radius 3 is 2.62 bits per heavy atom. The number of carbonyl (C=O) groups is 1. The summed E-state index contributed by atoms with van der Waals surface area (Å²) in [5, 5.41) is 19.1. The predicted molar refractivity (Wildman–Crippen MR) is 78.4 cm³/mol. The Balaban J connectivity index is 1.93. The van der Waals surface area contributed by atoms with Gasteiger partial charge in [0.1, 0.15) is 12.4 Å². The maximum absolute atomic E-state index is 10.5. The Bertz CT molecular complexity index is 675. The molecule has 0 aliphatic rings. The van der Waals surface area contributed by atoms with Crippen LogP contribution in [0.1, 0.15) is 9.75 Å². The van der Waals surface area contributed by atoms with Crippen LogP contribution < -0.4 is 4.74 Å². The molecule has 0 aliphatic carbocycles. The lowest BCUT2D eigenvalue weighted by Gasteiger charge is -2.03. The molecule has 1 aromatic heterocycles. The standard InChI is InChI=1S/C14H11NO5S/c16-14(17)8-7-12-5-6-13(21-12)9-20-11-3-1-10(2-4-11)15(18)19/h1-8H,9H2,(H,16,17). The summed E-state index contributed by atoms with van der Waals surface area (Å²) in [6.07, 6.45) is 2.59. The highest BCUT2D eigenvalue weighted by molar-refractivity contribution is 7.12. The lowest BCUT2D eigenvalue weighted by Crippen LogP contribution is -1.93. The lowest BCUT2D eigenvalue weighted by molar-refractivity contribution is -0.384. The topological polar surface area (TPSA) is 89.7 Å². The Hall–Kier alpha value is -2.67. The van der Waals surface area contributed by atoms with Crippen molar-refractivity contribution < 1.29 is 19.6 Å². The quantitative estimate of drug-likeness (QED) is 0.502. The van der Waals surface area contributed by atoms with Crippen LogP contribution in [0.4, 0.5) is 5.69 Å². The van der Waals surface area contributed by atoms with Crippen molar-refractivity contribution >= 4 is 29.1 Å². The summed E-state index contributed by atoms with van der Waals surface area (Å²) in [6.45, 7) is 0.323. The Labute approximate surface area is 124 Å². The van der Waals surface area contributed by atoms with Gasteiger partial charge >= 0.3 is 5.97 Å². The van der Waals surface area contributed by atoms with Gasteiger partial charge < -0.3 is 9.84 Å². The van der Waals surface area contributed by atoms with Crippen LogP contribution in [0.5, 0.6) is 5.75 Å². The van der Waals surface area contributed by atoms with Gasteiger partial charge in [0.25, 0.3) is 5.69 Å². The molecule has 1 N–H and O–H groups in total. The molecule has 0 atom stereocenters. The molecule has 21 heavy (non-hydrogen) atoms. The minimum Gasteiger partial charge on any atom is -0.488 e. The van der Waals surface area contributed by atoms with Gasteiger partial charge in [0.15, 0.2) is 0 Å². The van der Waals surface area contributed by atoms with E-state index in [0.717, 1.165) is 15.8 Å². The molecule has 0 spiro atoms. The first kappa shape index (κ1) is 14.7. The highest BCUT2D eigenvalue weighted by atomic mass is 32.1. The van der Waals surface area contributed by atoms with Crippen molar-refractivity contribution in [1.29, 1.82) is 0 Å². The number of nitro groups is 1. The summed E-state index contributed by atoms with van der Waals surface area (Å²) in [4.78, 5) is 22.2. The fourth-order valence-corrected chi connectivity index (χ4v) is 2.36. The van der Waals surface area contributed by atoms with E-state index in [-0.39, 0.29) is 5.69 Å². The van der Waals surface area contributed by atoms with E-state index in [4.69, 9.17) is 9.84 Å². The third-order valence-electron chi connectivity index (χ3n) is 2.50. The number of aliphatic carboxylic acids is 1. The molecule has 0 aliphatic heterocycles. The maximum Gasteiger partial charge on any atom is 0.328 e. The average Bonchev–Trinajstić information content (AvgIpc) is 2.91. The lowest BCUT2D eigenvalue weighted by atomic mass is 10.3. The van der Waals surface area contributed by atoms with Crippen molar-refractivity contribution in [3.8, 4) is 5.75 Å². The van der Waals surface area contributed by atoms with Crippen LogP contribution in [-0.4, -0.2) is 16.0 Å². The number of ether oxygens (including phenoxy) is 1. The zero-order valence-corrected chi connectivity index (χ0v) is 11.6. The molecule has 0 radical (unpaired) electrons. The van der Waals surface area contributed by atoms with Crippen LogP contribution in [0.15, 0.2) is 42.5 Å². The fraction of sp³-hybridized carbons (Fsp3) is 0.0714. The van der Waals surface area contributed by atoms with Crippen LogP contribution >= 0.6 is 11.3 Å². The van der Waals surface area contributed by atoms with Gasteiger partial charge in [-0.15, -0.1) is 11.3 Å². The number of non-ortho nitro benzene ring substituents is 1. The Morgan fingerprint density at radius 2 is 2.00 bits per heavy atom. The van der Waals surface area contributed by atoms with Gasteiger partial charge in [-0.05, 0) is 30.3 Å². The molecule has 0 saturated carbocycles. The van der Waals surface area contributed by atoms with Gasteiger partial charge in [0, 0.05) is 28.0 Å². The molecule has 1 aromatic carbocycles. The molecule has 0 bridgehead atoms. The minimum atomic E-state index is -0.993. The second kappa shape index (κ2) is 6.67. The number of carboxylic acid groups (broad SMARTS) is 1. The van der Waals surface area contributed by atoms with Gasteiger partial charge in [0.05, 0.1) is 4.92 Å². The number of carboxylic acids is 1. The van der Waals surface area contributed by atoms with Gasteiger partial charge in [-0.3, -0.25) is 10.1 Å². The molecule has 0 saturated heterocycles. The normalized spacial score (nSPS) is 10.7. The minimum absolute atomic E-state index is 0.0135. The molecule has 1 heterocycles. The molecular formula is C14H11NO5S. The van der Waals surface area contributed by atoms with Gasteiger partial charge in [0.2, 0.25) is 0 Å². The van der Waals surface area contributed by atoms with Crippen molar-refractivity contribution in [1.82, 2.24) is 0 Å². The number of hydrogen-bond acceptors (Lipinski definition) is 5. The second-order valence-electron chi connectivity index (χ2n) is 4.02. The highest BCUT2D eigenvalue weighted by Crippen LogP contribution is 2.22. The van der Waals surface area contributed by atoms with E-state index in [1.807, 2.05) is 6.07 Å². The summed E-state index contributed by atoms with van der Waals surface area (Å²) in [6, 6.07) is 9.49. The average molecular weight is 305 g/mol. The number of nitro benzene ring substituents is 1. The van der Waals surface area contributed by atoms with Gasteiger partial charge in [-0.2, -0.15) is 0 Å². The Morgan fingerprint density at radius 1 is 1.29 bits per heavy atom. The molecule has 0 fully saturated rings. The number of hydrogen-bond donors (Lipinski definition) is 1. The van der Waals surface area contributed by atoms with Crippen molar-refractivity contribution in [3.63, 3.8) is 0 Å². The second-order valence-corrected chi connectivity index (χ2v) is 5.22. The van der Waals surface area contributed by atoms with Gasteiger partial charge in [-0.1, -0.05) is 0 Å². The summed E-state index contributed by atoms with van der Waals surface area (Å²) < 4.78 is 5.51. The number of thiophene rings is 1. The van der Waals surface area contributed by atoms with Crippen LogP contribution in [-0.2, 0) is 11.4 Å². The van der Waals surface area contributed by atoms with E-state index >= 15 is 0 Å². The first-order valence-electron chi connectivity index (χ1n) is 5.91. The van der Waals surface area contributed by atoms with E-state index in [1.54, 1.807) is 6.07 Å². The zero-order chi connectivity index (χ0) is 15.2. The summed E-state index contributed by atoms with van der Waals surface area (Å²) in [5.74, 6) is -0.455. The number of benzene rings is 1. The van der Waals surface area contributed by atoms with E-state index in [1.165, 1.54) is 41.7 Å². The van der Waals surface area contributed by atoms with Crippen molar-refractivity contribution in [2.75, 3.05) is 0 Å². The van der Waals surface area contributed by atoms with E-state index in [9.17, 15) is 14.9 Å². The highest BCUT2D eigenvalue weighted by Gasteiger charge is 2.05. The van der Waals surface area contributed by atoms with E-state index in [2.05, 4.69) is 0 Å². The predicted octanol–water partition coefficient (Wildman–Crippen LogP) is 3.33. The zero-order valence-electron chi connectivity index (χ0n) is 10.8. The largest absolute Gasteiger partial charge is 0.488 e. The Kier molecular flexibility index (Phi) is 4.68. The van der Waals surface area contributed by atoms with Crippen molar-refractivity contribution in [2.45, 2.75) is 6.61 Å². The smallest absolute Gasteiger partial charge is 0.328 e. The first-order valence-corrected chi connectivity index (χ1v) is 6.73. The third kappa shape index (κ3) is 4.43. The van der Waals surface area contributed by atoms with Gasteiger partial charge in [-0.25, -0.2) is 4.79 Å². The monoisotopic (exact) mass is 305 g/mol. The van der Waals surface area contributed by atoms with Crippen LogP contribution in [0.3, 0.4) is 0 Å². The summed E-state index contributed by atoms with van der Waals surface area (Å²) in [5.41, 5.74) is 0.0135. The fourth-order valence-electron chi connectivity index (χ4n) is 1.53. The van der Waals surface area contributed by atoms with Crippen LogP contribution in [0.25, 0.3) is 6.08 Å². The molecule has 2 aromatic rings. The van der Waals surface area contributed by atoms with E-state index in [0.29, 0.717) is 12.4 Å². The molecule has 108 valence electrons. The van der Waals surface area contributed by atoms with E-state index < -0.39 is 10.9 Å². The number of rotatable bonds is 6. The van der Waals surface area contributed by atoms with Crippen LogP contribution in [0.2, 0.25) is 0 Å². The molecule has 2 rings (SSSR count). The summed E-state index contributed by atoms with van der Waals surface area (Å²) in [7, 11) is 0. The maximum atomic E-state index is 10.5. The number of nitrogens with zero attached hydrogens (tertiary/aromatic N) is 1. The molecular weight excluding hydrogens is 294 g/mol. The summed E-state index contributed by atoms with van der Waals surface area (Å²) >= 11 is 1.42. The SMILES string of the molecule is O=C(O)C=Cc1ccc(COc2ccc([N+](=O)[O-])cc2)s1. The third-order valence-corrected chi connectivity index (χ3v) is 3.53.